The number of nitrogens with zero attached hydrogens (tertiary/aromatic N) is 1. The van der Waals surface area contributed by atoms with E-state index in [2.05, 4.69) is 19.2 Å². The van der Waals surface area contributed by atoms with E-state index >= 15 is 0 Å². The molecule has 0 bridgehead atoms. The average Bonchev–Trinajstić information content (AvgIpc) is 2.98. The molecular weight excluding hydrogens is 264 g/mol. The van der Waals surface area contributed by atoms with Crippen LogP contribution in [-0.2, 0) is 11.2 Å². The minimum Gasteiger partial charge on any atom is -0.384 e. The molecule has 1 aliphatic rings. The molecule has 2 rings (SSSR count). The number of carbonyl (C=O) groups is 1. The third-order valence-corrected chi connectivity index (χ3v) is 4.24. The Morgan fingerprint density at radius 2 is 2.14 bits per heavy atom. The molecule has 1 N–H and O–H groups in total. The number of hydrogen-bond acceptors (Lipinski definition) is 3. The summed E-state index contributed by atoms with van der Waals surface area (Å²) in [6.45, 7) is 6.46. The number of nitrogens with one attached hydrogen (secondary N) is 1. The molecule has 4 nitrogen and oxygen atoms in total. The van der Waals surface area contributed by atoms with Crippen molar-refractivity contribution in [1.82, 2.24) is 4.90 Å². The van der Waals surface area contributed by atoms with Crippen LogP contribution >= 0.6 is 0 Å². The van der Waals surface area contributed by atoms with Crippen molar-refractivity contribution in [3.63, 3.8) is 0 Å². The van der Waals surface area contributed by atoms with Gasteiger partial charge in [-0.2, -0.15) is 0 Å². The molecule has 1 heterocycles. The van der Waals surface area contributed by atoms with Gasteiger partial charge in [0.1, 0.15) is 0 Å². The number of rotatable bonds is 7. The fraction of sp³-hybridized carbons (Fsp3) is 0.588. The molecular formula is C17H26N2O2. The van der Waals surface area contributed by atoms with E-state index in [-0.39, 0.29) is 11.9 Å². The van der Waals surface area contributed by atoms with Crippen molar-refractivity contribution in [2.75, 3.05) is 32.1 Å². The van der Waals surface area contributed by atoms with Crippen molar-refractivity contribution in [2.24, 2.45) is 0 Å². The Bertz CT molecular complexity index is 484. The summed E-state index contributed by atoms with van der Waals surface area (Å²) in [5.41, 5.74) is 3.20. The highest BCUT2D eigenvalue weighted by atomic mass is 16.5. The lowest BCUT2D eigenvalue weighted by Crippen LogP contribution is -2.41. The number of methoxy groups -OCH3 is 1. The molecule has 1 aromatic carbocycles. The summed E-state index contributed by atoms with van der Waals surface area (Å²) in [5.74, 6) is 0.121. The molecule has 1 aromatic rings. The zero-order valence-corrected chi connectivity index (χ0v) is 13.3. The predicted octanol–water partition coefficient (Wildman–Crippen LogP) is 2.93. The van der Waals surface area contributed by atoms with Crippen LogP contribution in [0.2, 0.25) is 0 Å². The van der Waals surface area contributed by atoms with E-state index in [0.29, 0.717) is 13.2 Å². The maximum Gasteiger partial charge on any atom is 0.254 e. The molecule has 0 radical (unpaired) electrons. The Labute approximate surface area is 127 Å². The first kappa shape index (κ1) is 15.8. The zero-order valence-electron chi connectivity index (χ0n) is 13.3. The third-order valence-electron chi connectivity index (χ3n) is 4.24. The predicted molar refractivity (Wildman–Crippen MR) is 85.9 cm³/mol. The largest absolute Gasteiger partial charge is 0.384 e. The lowest BCUT2D eigenvalue weighted by Gasteiger charge is -2.30. The van der Waals surface area contributed by atoms with Crippen LogP contribution < -0.4 is 5.32 Å². The molecule has 0 aromatic heterocycles. The Morgan fingerprint density at radius 1 is 1.38 bits per heavy atom. The first-order valence-electron chi connectivity index (χ1n) is 7.87. The van der Waals surface area contributed by atoms with Crippen molar-refractivity contribution in [2.45, 2.75) is 39.2 Å². The Balaban J connectivity index is 2.20. The Morgan fingerprint density at radius 3 is 2.81 bits per heavy atom. The number of fused-ring (bicyclic) bond motifs is 1. The van der Waals surface area contributed by atoms with Gasteiger partial charge in [0.15, 0.2) is 0 Å². The minimum atomic E-state index is 0.121. The van der Waals surface area contributed by atoms with E-state index in [1.54, 1.807) is 7.11 Å². The van der Waals surface area contributed by atoms with Crippen LogP contribution in [0.4, 0.5) is 5.69 Å². The number of anilines is 1. The number of amides is 1. The van der Waals surface area contributed by atoms with Gasteiger partial charge >= 0.3 is 0 Å². The van der Waals surface area contributed by atoms with Gasteiger partial charge in [0.05, 0.1) is 6.61 Å². The van der Waals surface area contributed by atoms with Gasteiger partial charge in [-0.1, -0.05) is 13.8 Å². The molecule has 0 aliphatic carbocycles. The maximum absolute atomic E-state index is 12.9. The van der Waals surface area contributed by atoms with Gasteiger partial charge in [-0.25, -0.2) is 0 Å². The van der Waals surface area contributed by atoms with Crippen LogP contribution in [-0.4, -0.2) is 43.7 Å². The molecule has 1 aliphatic heterocycles. The van der Waals surface area contributed by atoms with E-state index in [0.717, 1.165) is 37.1 Å². The van der Waals surface area contributed by atoms with Crippen molar-refractivity contribution in [1.29, 1.82) is 0 Å². The van der Waals surface area contributed by atoms with E-state index in [1.807, 2.05) is 23.1 Å². The van der Waals surface area contributed by atoms with Gasteiger partial charge in [0, 0.05) is 37.5 Å². The standard InChI is InChI=1S/C17H26N2O2/c1-4-15(5-2)19(10-11-21-3)17(20)14-6-7-16-13(12-14)8-9-18-16/h6-7,12,15,18H,4-5,8-11H2,1-3H3. The first-order valence-corrected chi connectivity index (χ1v) is 7.87. The van der Waals surface area contributed by atoms with E-state index in [4.69, 9.17) is 4.74 Å². The fourth-order valence-electron chi connectivity index (χ4n) is 2.97. The second-order valence-electron chi connectivity index (χ2n) is 5.51. The third kappa shape index (κ3) is 3.56. The SMILES string of the molecule is CCC(CC)N(CCOC)C(=O)c1ccc2c(c1)CCN2. The van der Waals surface area contributed by atoms with Crippen LogP contribution in [0.3, 0.4) is 0 Å². The molecule has 0 fully saturated rings. The van der Waals surface area contributed by atoms with Crippen LogP contribution in [0.1, 0.15) is 42.6 Å². The number of ether oxygens (including phenoxy) is 1. The lowest BCUT2D eigenvalue weighted by molar-refractivity contribution is 0.0589. The molecule has 0 atom stereocenters. The monoisotopic (exact) mass is 290 g/mol. The summed E-state index contributed by atoms with van der Waals surface area (Å²) in [7, 11) is 1.68. The summed E-state index contributed by atoms with van der Waals surface area (Å²) in [5, 5.41) is 3.33. The van der Waals surface area contributed by atoms with Gasteiger partial charge in [-0.15, -0.1) is 0 Å². The molecule has 1 amide bonds. The Hall–Kier alpha value is -1.55. The van der Waals surface area contributed by atoms with Gasteiger partial charge in [-0.05, 0) is 43.0 Å². The van der Waals surface area contributed by atoms with Crippen molar-refractivity contribution >= 4 is 11.6 Å². The highest BCUT2D eigenvalue weighted by Gasteiger charge is 2.23. The van der Waals surface area contributed by atoms with Crippen LogP contribution in [0, 0.1) is 0 Å². The normalized spacial score (nSPS) is 13.1. The molecule has 0 saturated carbocycles. The second kappa shape index (κ2) is 7.46. The van der Waals surface area contributed by atoms with Gasteiger partial charge < -0.3 is 15.0 Å². The highest BCUT2D eigenvalue weighted by Crippen LogP contribution is 2.24. The summed E-state index contributed by atoms with van der Waals surface area (Å²) in [6.07, 6.45) is 2.94. The summed E-state index contributed by atoms with van der Waals surface area (Å²) < 4.78 is 5.17. The number of hydrogen-bond donors (Lipinski definition) is 1. The van der Waals surface area contributed by atoms with E-state index < -0.39 is 0 Å². The van der Waals surface area contributed by atoms with Gasteiger partial charge in [0.25, 0.3) is 5.91 Å². The summed E-state index contributed by atoms with van der Waals surface area (Å²) >= 11 is 0. The lowest BCUT2D eigenvalue weighted by atomic mass is 10.0. The van der Waals surface area contributed by atoms with Crippen molar-refractivity contribution in [3.05, 3.63) is 29.3 Å². The zero-order chi connectivity index (χ0) is 15.2. The minimum absolute atomic E-state index is 0.121. The first-order chi connectivity index (χ1) is 10.2. The topological polar surface area (TPSA) is 41.6 Å². The maximum atomic E-state index is 12.9. The molecule has 0 unspecified atom stereocenters. The van der Waals surface area contributed by atoms with Crippen molar-refractivity contribution in [3.8, 4) is 0 Å². The van der Waals surface area contributed by atoms with Crippen LogP contribution in [0.5, 0.6) is 0 Å². The van der Waals surface area contributed by atoms with E-state index in [1.165, 1.54) is 5.56 Å². The Kier molecular flexibility index (Phi) is 5.62. The highest BCUT2D eigenvalue weighted by molar-refractivity contribution is 5.95. The molecule has 4 heteroatoms. The smallest absolute Gasteiger partial charge is 0.254 e. The second-order valence-corrected chi connectivity index (χ2v) is 5.51. The van der Waals surface area contributed by atoms with Crippen LogP contribution in [0.25, 0.3) is 0 Å². The quantitative estimate of drug-likeness (QED) is 0.839. The van der Waals surface area contributed by atoms with Gasteiger partial charge in [-0.3, -0.25) is 4.79 Å². The van der Waals surface area contributed by atoms with E-state index in [9.17, 15) is 4.79 Å². The molecule has 21 heavy (non-hydrogen) atoms. The fourth-order valence-corrected chi connectivity index (χ4v) is 2.97. The number of carbonyl (C=O) groups excluding carboxylic acids is 1. The molecule has 116 valence electrons. The van der Waals surface area contributed by atoms with Crippen LogP contribution in [0.15, 0.2) is 18.2 Å². The molecule has 0 saturated heterocycles. The summed E-state index contributed by atoms with van der Waals surface area (Å²) in [4.78, 5) is 14.8. The van der Waals surface area contributed by atoms with Gasteiger partial charge in [0.2, 0.25) is 0 Å². The average molecular weight is 290 g/mol. The summed E-state index contributed by atoms with van der Waals surface area (Å²) in [6, 6.07) is 6.28. The number of benzene rings is 1. The molecule has 0 spiro atoms. The van der Waals surface area contributed by atoms with Crippen molar-refractivity contribution < 1.29 is 9.53 Å².